The second-order valence-corrected chi connectivity index (χ2v) is 8.38. The molecule has 7 nitrogen and oxygen atoms in total. The summed E-state index contributed by atoms with van der Waals surface area (Å²) in [7, 11) is 1.60. The molecule has 0 aliphatic heterocycles. The number of carbonyl (C=O) groups is 3. The summed E-state index contributed by atoms with van der Waals surface area (Å²) in [5.74, 6) is -0.963. The number of hydrogen-bond acceptors (Lipinski definition) is 6. The summed E-state index contributed by atoms with van der Waals surface area (Å²) in [5, 5.41) is 5.38. The summed E-state index contributed by atoms with van der Waals surface area (Å²) in [6, 6.07) is 19.6. The van der Waals surface area contributed by atoms with Crippen LogP contribution in [0.4, 0.5) is 10.1 Å². The van der Waals surface area contributed by atoms with Crippen LogP contribution in [-0.2, 0) is 20.7 Å². The number of hydrogen-bond donors (Lipinski definition) is 2. The highest BCUT2D eigenvalue weighted by atomic mass is 32.2. The first kappa shape index (κ1) is 25.8. The predicted molar refractivity (Wildman–Crippen MR) is 132 cm³/mol. The summed E-state index contributed by atoms with van der Waals surface area (Å²) < 4.78 is 23.3. The largest absolute Gasteiger partial charge is 0.497 e. The molecule has 0 radical (unpaired) electrons. The van der Waals surface area contributed by atoms with E-state index in [0.717, 1.165) is 23.1 Å². The van der Waals surface area contributed by atoms with Gasteiger partial charge >= 0.3 is 5.97 Å². The van der Waals surface area contributed by atoms with Crippen molar-refractivity contribution >= 4 is 35.2 Å². The van der Waals surface area contributed by atoms with Gasteiger partial charge in [-0.25, -0.2) is 9.18 Å². The summed E-state index contributed by atoms with van der Waals surface area (Å²) in [6.45, 7) is -0.0101. The number of rotatable bonds is 11. The molecule has 2 amide bonds. The number of nitrogens with one attached hydrogen (secondary N) is 2. The van der Waals surface area contributed by atoms with Crippen LogP contribution in [0.3, 0.4) is 0 Å². The molecule has 0 aliphatic carbocycles. The SMILES string of the molecule is COc1ccc(CCNC(=O)COC(=O)c2ccccc2SCC(=O)Nc2ccc(F)cc2)cc1. The Bertz CT molecular complexity index is 1150. The van der Waals surface area contributed by atoms with E-state index in [1.54, 1.807) is 31.4 Å². The smallest absolute Gasteiger partial charge is 0.339 e. The minimum absolute atomic E-state index is 0.0352. The van der Waals surface area contributed by atoms with E-state index in [2.05, 4.69) is 10.6 Å². The van der Waals surface area contributed by atoms with Crippen LogP contribution in [0.2, 0.25) is 0 Å². The van der Waals surface area contributed by atoms with Crippen LogP contribution >= 0.6 is 11.8 Å². The highest BCUT2D eigenvalue weighted by Crippen LogP contribution is 2.23. The van der Waals surface area contributed by atoms with Gasteiger partial charge in [-0.2, -0.15) is 0 Å². The lowest BCUT2D eigenvalue weighted by Gasteiger charge is -2.10. The van der Waals surface area contributed by atoms with Gasteiger partial charge in [0, 0.05) is 17.1 Å². The van der Waals surface area contributed by atoms with Gasteiger partial charge in [-0.1, -0.05) is 24.3 Å². The minimum Gasteiger partial charge on any atom is -0.497 e. The van der Waals surface area contributed by atoms with Crippen LogP contribution in [0.5, 0.6) is 5.75 Å². The molecule has 0 unspecified atom stereocenters. The summed E-state index contributed by atoms with van der Waals surface area (Å²) in [6.07, 6.45) is 0.628. The second kappa shape index (κ2) is 13.1. The van der Waals surface area contributed by atoms with E-state index < -0.39 is 24.3 Å². The zero-order valence-corrected chi connectivity index (χ0v) is 19.9. The molecule has 0 saturated heterocycles. The van der Waals surface area contributed by atoms with Gasteiger partial charge < -0.3 is 20.1 Å². The van der Waals surface area contributed by atoms with Crippen LogP contribution in [0.25, 0.3) is 0 Å². The summed E-state index contributed by atoms with van der Waals surface area (Å²) in [4.78, 5) is 37.4. The van der Waals surface area contributed by atoms with E-state index in [1.807, 2.05) is 24.3 Å². The van der Waals surface area contributed by atoms with Crippen molar-refractivity contribution in [2.45, 2.75) is 11.3 Å². The second-order valence-electron chi connectivity index (χ2n) is 7.36. The molecule has 182 valence electrons. The lowest BCUT2D eigenvalue weighted by atomic mass is 10.1. The van der Waals surface area contributed by atoms with E-state index in [0.29, 0.717) is 23.5 Å². The van der Waals surface area contributed by atoms with Gasteiger partial charge in [0.05, 0.1) is 18.4 Å². The van der Waals surface area contributed by atoms with Crippen LogP contribution in [0, 0.1) is 5.82 Å². The number of esters is 1. The molecular weight excluding hydrogens is 471 g/mol. The third-order valence-corrected chi connectivity index (χ3v) is 5.90. The van der Waals surface area contributed by atoms with Crippen molar-refractivity contribution in [1.82, 2.24) is 5.32 Å². The number of methoxy groups -OCH3 is 1. The lowest BCUT2D eigenvalue weighted by molar-refractivity contribution is -0.124. The number of anilines is 1. The molecule has 0 fully saturated rings. The Morgan fingerprint density at radius 2 is 1.63 bits per heavy atom. The Morgan fingerprint density at radius 3 is 2.34 bits per heavy atom. The highest BCUT2D eigenvalue weighted by molar-refractivity contribution is 8.00. The quantitative estimate of drug-likeness (QED) is 0.307. The number of halogens is 1. The van der Waals surface area contributed by atoms with Gasteiger partial charge in [0.1, 0.15) is 11.6 Å². The van der Waals surface area contributed by atoms with E-state index in [4.69, 9.17) is 9.47 Å². The van der Waals surface area contributed by atoms with Gasteiger partial charge in [0.15, 0.2) is 6.61 Å². The van der Waals surface area contributed by atoms with Crippen LogP contribution in [-0.4, -0.2) is 43.8 Å². The normalized spacial score (nSPS) is 10.3. The fourth-order valence-electron chi connectivity index (χ4n) is 3.03. The van der Waals surface area contributed by atoms with Gasteiger partial charge in [0.2, 0.25) is 5.91 Å². The maximum Gasteiger partial charge on any atom is 0.339 e. The first-order valence-corrected chi connectivity index (χ1v) is 11.8. The monoisotopic (exact) mass is 496 g/mol. The zero-order chi connectivity index (χ0) is 25.0. The van der Waals surface area contributed by atoms with Gasteiger partial charge in [-0.3, -0.25) is 9.59 Å². The average Bonchev–Trinajstić information content (AvgIpc) is 2.88. The van der Waals surface area contributed by atoms with Gasteiger partial charge in [-0.15, -0.1) is 11.8 Å². The standard InChI is InChI=1S/C26H25FN2O5S/c1-33-21-12-6-18(7-13-21)14-15-28-24(30)16-34-26(32)22-4-2-3-5-23(22)35-17-25(31)29-20-10-8-19(27)9-11-20/h2-13H,14-17H2,1H3,(H,28,30)(H,29,31). The lowest BCUT2D eigenvalue weighted by Crippen LogP contribution is -2.30. The van der Waals surface area contributed by atoms with Crippen molar-refractivity contribution < 1.29 is 28.2 Å². The molecule has 9 heteroatoms. The van der Waals surface area contributed by atoms with Crippen molar-refractivity contribution in [2.24, 2.45) is 0 Å². The molecule has 0 spiro atoms. The summed E-state index contributed by atoms with van der Waals surface area (Å²) in [5.41, 5.74) is 1.78. The van der Waals surface area contributed by atoms with E-state index in [-0.39, 0.29) is 17.2 Å². The molecule has 3 aromatic rings. The maximum absolute atomic E-state index is 13.0. The van der Waals surface area contributed by atoms with E-state index >= 15 is 0 Å². The molecule has 0 atom stereocenters. The van der Waals surface area contributed by atoms with Crippen LogP contribution < -0.4 is 15.4 Å². The van der Waals surface area contributed by atoms with Crippen molar-refractivity contribution in [3.63, 3.8) is 0 Å². The Balaban J connectivity index is 1.43. The molecule has 35 heavy (non-hydrogen) atoms. The van der Waals surface area contributed by atoms with Crippen molar-refractivity contribution in [1.29, 1.82) is 0 Å². The number of ether oxygens (including phenoxy) is 2. The zero-order valence-electron chi connectivity index (χ0n) is 19.1. The van der Waals surface area contributed by atoms with Gasteiger partial charge in [-0.05, 0) is 60.5 Å². The highest BCUT2D eigenvalue weighted by Gasteiger charge is 2.15. The Kier molecular flexibility index (Phi) is 9.68. The minimum atomic E-state index is -0.655. The first-order chi connectivity index (χ1) is 16.9. The fourth-order valence-corrected chi connectivity index (χ4v) is 3.87. The van der Waals surface area contributed by atoms with E-state index in [9.17, 15) is 18.8 Å². The van der Waals surface area contributed by atoms with E-state index in [1.165, 1.54) is 24.3 Å². The Morgan fingerprint density at radius 1 is 0.914 bits per heavy atom. The Hall–Kier alpha value is -3.85. The molecular formula is C26H25FN2O5S. The molecule has 0 saturated carbocycles. The van der Waals surface area contributed by atoms with Gasteiger partial charge in [0.25, 0.3) is 5.91 Å². The molecule has 3 aromatic carbocycles. The van der Waals surface area contributed by atoms with Crippen LogP contribution in [0.1, 0.15) is 15.9 Å². The molecule has 2 N–H and O–H groups in total. The molecule has 3 rings (SSSR count). The molecule has 0 aromatic heterocycles. The molecule has 0 aliphatic rings. The van der Waals surface area contributed by atoms with Crippen molar-refractivity contribution in [2.75, 3.05) is 31.3 Å². The topological polar surface area (TPSA) is 93.7 Å². The average molecular weight is 497 g/mol. The number of carbonyl (C=O) groups excluding carboxylic acids is 3. The third-order valence-electron chi connectivity index (χ3n) is 4.82. The van der Waals surface area contributed by atoms with Crippen molar-refractivity contribution in [3.05, 3.63) is 89.7 Å². The number of thioether (sulfide) groups is 1. The number of amides is 2. The number of benzene rings is 3. The first-order valence-electron chi connectivity index (χ1n) is 10.8. The fraction of sp³-hybridized carbons (Fsp3) is 0.192. The maximum atomic E-state index is 13.0. The Labute approximate surface area is 207 Å². The summed E-state index contributed by atoms with van der Waals surface area (Å²) >= 11 is 1.16. The van der Waals surface area contributed by atoms with Crippen molar-refractivity contribution in [3.8, 4) is 5.75 Å². The van der Waals surface area contributed by atoms with Crippen LogP contribution in [0.15, 0.2) is 77.7 Å². The third kappa shape index (κ3) is 8.46. The molecule has 0 heterocycles. The molecule has 0 bridgehead atoms. The predicted octanol–water partition coefficient (Wildman–Crippen LogP) is 4.08.